The molecule has 1 saturated carbocycles. The topological polar surface area (TPSA) is 97.5 Å². The van der Waals surface area contributed by atoms with Crippen molar-refractivity contribution in [3.63, 3.8) is 0 Å². The van der Waals surface area contributed by atoms with Gasteiger partial charge >= 0.3 is 5.97 Å². The van der Waals surface area contributed by atoms with Gasteiger partial charge in [0, 0.05) is 0 Å². The second-order valence-electron chi connectivity index (χ2n) is 6.76. The Balaban J connectivity index is 1.67. The Morgan fingerprint density at radius 2 is 2.04 bits per heavy atom. The molecular weight excluding hydrogens is 312 g/mol. The minimum Gasteiger partial charge on any atom is -0.480 e. The van der Waals surface area contributed by atoms with E-state index in [-0.39, 0.29) is 31.7 Å². The second kappa shape index (κ2) is 6.88. The summed E-state index contributed by atoms with van der Waals surface area (Å²) in [4.78, 5) is 25.5. The van der Waals surface area contributed by atoms with Gasteiger partial charge in [-0.15, -0.1) is 10.2 Å². The van der Waals surface area contributed by atoms with E-state index in [1.807, 2.05) is 0 Å². The lowest BCUT2D eigenvalue weighted by Gasteiger charge is -2.34. The Morgan fingerprint density at radius 1 is 1.29 bits per heavy atom. The van der Waals surface area contributed by atoms with Gasteiger partial charge in [0.15, 0.2) is 5.82 Å². The van der Waals surface area contributed by atoms with Crippen LogP contribution in [0.25, 0.3) is 0 Å². The molecule has 1 aromatic rings. The van der Waals surface area contributed by atoms with Crippen LogP contribution in [-0.4, -0.2) is 55.4 Å². The van der Waals surface area contributed by atoms with Crippen molar-refractivity contribution >= 4 is 11.9 Å². The third-order valence-corrected chi connectivity index (χ3v) is 5.11. The molecule has 3 rings (SSSR count). The molecule has 0 saturated heterocycles. The standard InChI is InChI=1S/C16H24N4O4/c1-10-5-3-4-6-13(10)24-9-15(21)20-8-14-18-17-11(2)19(14)7-12(20)16(22)23/h10,12-13H,3-9H2,1-2H3,(H,22,23)/t10-,12+,13+/m0/s1. The van der Waals surface area contributed by atoms with Crippen molar-refractivity contribution in [3.8, 4) is 0 Å². The van der Waals surface area contributed by atoms with Crippen molar-refractivity contribution in [2.75, 3.05) is 6.61 Å². The normalized spacial score (nSPS) is 26.9. The number of carboxylic acids is 1. The molecule has 8 nitrogen and oxygen atoms in total. The maximum Gasteiger partial charge on any atom is 0.328 e. The Hall–Kier alpha value is -1.96. The van der Waals surface area contributed by atoms with Gasteiger partial charge in [-0.25, -0.2) is 4.79 Å². The van der Waals surface area contributed by atoms with Crippen LogP contribution in [0.15, 0.2) is 0 Å². The molecule has 8 heteroatoms. The molecule has 0 spiro atoms. The van der Waals surface area contributed by atoms with Crippen molar-refractivity contribution in [2.45, 2.75) is 64.8 Å². The number of nitrogens with zero attached hydrogens (tertiary/aromatic N) is 4. The Bertz CT molecular complexity index is 630. The Morgan fingerprint density at radius 3 is 2.75 bits per heavy atom. The highest BCUT2D eigenvalue weighted by Gasteiger charge is 2.36. The highest BCUT2D eigenvalue weighted by Crippen LogP contribution is 2.26. The van der Waals surface area contributed by atoms with Crippen LogP contribution >= 0.6 is 0 Å². The van der Waals surface area contributed by atoms with Crippen LogP contribution in [0.2, 0.25) is 0 Å². The minimum atomic E-state index is -1.02. The summed E-state index contributed by atoms with van der Waals surface area (Å²) in [7, 11) is 0. The summed E-state index contributed by atoms with van der Waals surface area (Å²) in [6.45, 7) is 4.17. The molecule has 0 radical (unpaired) electrons. The number of fused-ring (bicyclic) bond motifs is 1. The van der Waals surface area contributed by atoms with Gasteiger partial charge in [-0.05, 0) is 25.7 Å². The number of rotatable bonds is 4. The number of carbonyl (C=O) groups is 2. The van der Waals surface area contributed by atoms with E-state index in [0.717, 1.165) is 19.3 Å². The van der Waals surface area contributed by atoms with E-state index >= 15 is 0 Å². The lowest BCUT2D eigenvalue weighted by Crippen LogP contribution is -2.52. The molecule has 1 amide bonds. The minimum absolute atomic E-state index is 0.0775. The first-order valence-electron chi connectivity index (χ1n) is 8.50. The van der Waals surface area contributed by atoms with E-state index < -0.39 is 12.0 Å². The Kier molecular flexibility index (Phi) is 4.84. The largest absolute Gasteiger partial charge is 0.480 e. The fraction of sp³-hybridized carbons (Fsp3) is 0.750. The highest BCUT2D eigenvalue weighted by molar-refractivity contribution is 5.84. The maximum absolute atomic E-state index is 12.6. The molecular formula is C16H24N4O4. The summed E-state index contributed by atoms with van der Waals surface area (Å²) in [6.07, 6.45) is 4.48. The summed E-state index contributed by atoms with van der Waals surface area (Å²) in [6, 6.07) is -0.910. The zero-order chi connectivity index (χ0) is 17.3. The lowest BCUT2D eigenvalue weighted by molar-refractivity contribution is -0.156. The van der Waals surface area contributed by atoms with E-state index in [0.29, 0.717) is 17.6 Å². The first-order valence-corrected chi connectivity index (χ1v) is 8.50. The number of aryl methyl sites for hydroxylation is 1. The average molecular weight is 336 g/mol. The van der Waals surface area contributed by atoms with Gasteiger partial charge in [-0.1, -0.05) is 19.8 Å². The van der Waals surface area contributed by atoms with Crippen molar-refractivity contribution in [1.82, 2.24) is 19.7 Å². The molecule has 3 atom stereocenters. The van der Waals surface area contributed by atoms with Gasteiger partial charge in [0.2, 0.25) is 5.91 Å². The molecule has 2 heterocycles. The number of aromatic nitrogens is 3. The predicted molar refractivity (Wildman–Crippen MR) is 84.1 cm³/mol. The fourth-order valence-electron chi connectivity index (χ4n) is 3.58. The number of amides is 1. The molecule has 0 aromatic carbocycles. The zero-order valence-corrected chi connectivity index (χ0v) is 14.1. The molecule has 1 aliphatic carbocycles. The molecule has 1 aromatic heterocycles. The number of carbonyl (C=O) groups excluding carboxylic acids is 1. The van der Waals surface area contributed by atoms with Crippen LogP contribution in [-0.2, 0) is 27.4 Å². The van der Waals surface area contributed by atoms with E-state index in [9.17, 15) is 14.7 Å². The number of ether oxygens (including phenoxy) is 1. The maximum atomic E-state index is 12.6. The summed E-state index contributed by atoms with van der Waals surface area (Å²) in [5, 5.41) is 17.5. The number of aliphatic carboxylic acids is 1. The van der Waals surface area contributed by atoms with Crippen molar-refractivity contribution < 1.29 is 19.4 Å². The van der Waals surface area contributed by atoms with Gasteiger partial charge in [0.1, 0.15) is 18.5 Å². The first kappa shape index (κ1) is 16.9. The molecule has 132 valence electrons. The van der Waals surface area contributed by atoms with E-state index in [2.05, 4.69) is 17.1 Å². The third kappa shape index (κ3) is 3.28. The first-order chi connectivity index (χ1) is 11.5. The second-order valence-corrected chi connectivity index (χ2v) is 6.76. The summed E-state index contributed by atoms with van der Waals surface area (Å²) >= 11 is 0. The van der Waals surface area contributed by atoms with Crippen LogP contribution < -0.4 is 0 Å². The third-order valence-electron chi connectivity index (χ3n) is 5.11. The molecule has 0 bridgehead atoms. The van der Waals surface area contributed by atoms with Crippen molar-refractivity contribution in [3.05, 3.63) is 11.6 Å². The average Bonchev–Trinajstić information content (AvgIpc) is 2.93. The Labute approximate surface area is 140 Å². The predicted octanol–water partition coefficient (Wildman–Crippen LogP) is 0.977. The molecule has 1 N–H and O–H groups in total. The van der Waals surface area contributed by atoms with Gasteiger partial charge in [0.05, 0.1) is 19.2 Å². The number of hydrogen-bond acceptors (Lipinski definition) is 5. The van der Waals surface area contributed by atoms with Crippen LogP contribution in [0.3, 0.4) is 0 Å². The van der Waals surface area contributed by atoms with E-state index in [1.165, 1.54) is 11.3 Å². The summed E-state index contributed by atoms with van der Waals surface area (Å²) in [5.74, 6) is 0.397. The van der Waals surface area contributed by atoms with Crippen molar-refractivity contribution in [1.29, 1.82) is 0 Å². The highest BCUT2D eigenvalue weighted by atomic mass is 16.5. The van der Waals surface area contributed by atoms with Crippen LogP contribution in [0.1, 0.15) is 44.3 Å². The van der Waals surface area contributed by atoms with Gasteiger partial charge in [0.25, 0.3) is 0 Å². The molecule has 1 fully saturated rings. The SMILES string of the molecule is Cc1nnc2n1C[C@H](C(=O)O)N(C(=O)CO[C@@H]1CCCC[C@@H]1C)C2. The monoisotopic (exact) mass is 336 g/mol. The molecule has 0 unspecified atom stereocenters. The van der Waals surface area contributed by atoms with Crippen molar-refractivity contribution in [2.24, 2.45) is 5.92 Å². The quantitative estimate of drug-likeness (QED) is 0.880. The van der Waals surface area contributed by atoms with E-state index in [1.54, 1.807) is 11.5 Å². The molecule has 24 heavy (non-hydrogen) atoms. The summed E-state index contributed by atoms with van der Waals surface area (Å²) < 4.78 is 7.56. The molecule has 1 aliphatic heterocycles. The number of carboxylic acid groups (broad SMARTS) is 1. The van der Waals surface area contributed by atoms with E-state index in [4.69, 9.17) is 4.74 Å². The van der Waals surface area contributed by atoms with Gasteiger partial charge in [-0.3, -0.25) is 4.79 Å². The van der Waals surface area contributed by atoms with Gasteiger partial charge < -0.3 is 19.3 Å². The fourth-order valence-corrected chi connectivity index (χ4v) is 3.58. The zero-order valence-electron chi connectivity index (χ0n) is 14.1. The number of hydrogen-bond donors (Lipinski definition) is 1. The van der Waals surface area contributed by atoms with Crippen LogP contribution in [0, 0.1) is 12.8 Å². The van der Waals surface area contributed by atoms with Crippen LogP contribution in [0.4, 0.5) is 0 Å². The smallest absolute Gasteiger partial charge is 0.328 e. The van der Waals surface area contributed by atoms with Crippen LogP contribution in [0.5, 0.6) is 0 Å². The van der Waals surface area contributed by atoms with Gasteiger partial charge in [-0.2, -0.15) is 0 Å². The lowest BCUT2D eigenvalue weighted by atomic mass is 9.88. The molecule has 2 aliphatic rings. The summed E-state index contributed by atoms with van der Waals surface area (Å²) in [5.41, 5.74) is 0.